The van der Waals surface area contributed by atoms with Crippen LogP contribution in [0.15, 0.2) is 0 Å². The fourth-order valence-electron chi connectivity index (χ4n) is 1.51. The van der Waals surface area contributed by atoms with E-state index < -0.39 is 34.7 Å². The van der Waals surface area contributed by atoms with Gasteiger partial charge in [0.15, 0.2) is 9.84 Å². The molecule has 0 aromatic rings. The van der Waals surface area contributed by atoms with Gasteiger partial charge in [-0.05, 0) is 6.42 Å². The third kappa shape index (κ3) is 3.19. The van der Waals surface area contributed by atoms with E-state index in [1.165, 1.54) is 0 Å². The molecule has 3 nitrogen and oxygen atoms in total. The largest absolute Gasteiger partial charge is 0.393 e. The Kier molecular flexibility index (Phi) is 3.23. The Morgan fingerprint density at radius 2 is 2.08 bits per heavy atom. The fourth-order valence-corrected chi connectivity index (χ4v) is 3.29. The zero-order chi connectivity index (χ0) is 10.1. The first-order valence-corrected chi connectivity index (χ1v) is 5.89. The third-order valence-corrected chi connectivity index (χ3v) is 4.01. The van der Waals surface area contributed by atoms with Gasteiger partial charge in [-0.3, -0.25) is 0 Å². The SMILES string of the molecule is O=S1(=O)CCC(O)C(CC(F)F)C1. The number of halogens is 2. The molecule has 0 aliphatic carbocycles. The first-order chi connectivity index (χ1) is 5.91. The van der Waals surface area contributed by atoms with Crippen LogP contribution in [0.25, 0.3) is 0 Å². The lowest BCUT2D eigenvalue weighted by atomic mass is 9.98. The average molecular weight is 214 g/mol. The van der Waals surface area contributed by atoms with Crippen molar-refractivity contribution in [2.75, 3.05) is 11.5 Å². The molecule has 13 heavy (non-hydrogen) atoms. The summed E-state index contributed by atoms with van der Waals surface area (Å²) in [6.45, 7) is 0. The van der Waals surface area contributed by atoms with Gasteiger partial charge in [0.1, 0.15) is 0 Å². The average Bonchev–Trinajstić information content (AvgIpc) is 1.95. The van der Waals surface area contributed by atoms with Crippen LogP contribution >= 0.6 is 0 Å². The van der Waals surface area contributed by atoms with Crippen molar-refractivity contribution in [2.45, 2.75) is 25.4 Å². The van der Waals surface area contributed by atoms with E-state index in [4.69, 9.17) is 0 Å². The lowest BCUT2D eigenvalue weighted by molar-refractivity contribution is 0.0518. The third-order valence-electron chi connectivity index (χ3n) is 2.22. The molecule has 6 heteroatoms. The predicted octanol–water partition coefficient (Wildman–Crippen LogP) is 0.437. The Hall–Kier alpha value is -0.230. The molecule has 0 aromatic carbocycles. The van der Waals surface area contributed by atoms with Gasteiger partial charge in [-0.1, -0.05) is 0 Å². The van der Waals surface area contributed by atoms with Crippen molar-refractivity contribution in [1.29, 1.82) is 0 Å². The number of aliphatic hydroxyl groups is 1. The highest BCUT2D eigenvalue weighted by Gasteiger charge is 2.33. The minimum absolute atomic E-state index is 0.0831. The van der Waals surface area contributed by atoms with Crippen molar-refractivity contribution < 1.29 is 22.3 Å². The van der Waals surface area contributed by atoms with Crippen molar-refractivity contribution in [3.63, 3.8) is 0 Å². The quantitative estimate of drug-likeness (QED) is 0.725. The Morgan fingerprint density at radius 1 is 1.46 bits per heavy atom. The van der Waals surface area contributed by atoms with E-state index in [1.807, 2.05) is 0 Å². The lowest BCUT2D eigenvalue weighted by Gasteiger charge is -2.26. The normalized spacial score (nSPS) is 33.5. The molecule has 1 rings (SSSR count). The lowest BCUT2D eigenvalue weighted by Crippen LogP contribution is -2.37. The second kappa shape index (κ2) is 3.88. The number of alkyl halides is 2. The highest BCUT2D eigenvalue weighted by atomic mass is 32.2. The smallest absolute Gasteiger partial charge is 0.239 e. The standard InChI is InChI=1S/C7H12F2O3S/c8-7(9)3-5-4-13(11,12)2-1-6(5)10/h5-7,10H,1-4H2. The maximum atomic E-state index is 11.9. The van der Waals surface area contributed by atoms with Crippen molar-refractivity contribution in [2.24, 2.45) is 5.92 Å². The van der Waals surface area contributed by atoms with Gasteiger partial charge in [0.05, 0.1) is 17.6 Å². The number of hydrogen-bond donors (Lipinski definition) is 1. The van der Waals surface area contributed by atoms with Gasteiger partial charge < -0.3 is 5.11 Å². The Bertz CT molecular complexity index is 263. The molecule has 0 amide bonds. The highest BCUT2D eigenvalue weighted by Crippen LogP contribution is 2.24. The molecule has 0 saturated carbocycles. The molecular formula is C7H12F2O3S. The van der Waals surface area contributed by atoms with E-state index in [2.05, 4.69) is 0 Å². The topological polar surface area (TPSA) is 54.4 Å². The first-order valence-electron chi connectivity index (χ1n) is 4.07. The number of sulfone groups is 1. The molecule has 0 bridgehead atoms. The summed E-state index contributed by atoms with van der Waals surface area (Å²) in [7, 11) is -3.20. The molecule has 0 radical (unpaired) electrons. The summed E-state index contributed by atoms with van der Waals surface area (Å²) in [5, 5.41) is 9.25. The summed E-state index contributed by atoms with van der Waals surface area (Å²) in [5.41, 5.74) is 0. The minimum Gasteiger partial charge on any atom is -0.393 e. The minimum atomic E-state index is -3.20. The number of hydrogen-bond acceptors (Lipinski definition) is 3. The monoisotopic (exact) mass is 214 g/mol. The zero-order valence-corrected chi connectivity index (χ0v) is 7.80. The molecule has 1 heterocycles. The van der Waals surface area contributed by atoms with E-state index >= 15 is 0 Å². The molecule has 1 fully saturated rings. The van der Waals surface area contributed by atoms with E-state index in [0.29, 0.717) is 0 Å². The van der Waals surface area contributed by atoms with E-state index in [0.717, 1.165) is 0 Å². The summed E-state index contributed by atoms with van der Waals surface area (Å²) < 4.78 is 45.9. The van der Waals surface area contributed by atoms with Gasteiger partial charge in [-0.2, -0.15) is 0 Å². The maximum absolute atomic E-state index is 11.9. The van der Waals surface area contributed by atoms with Crippen LogP contribution < -0.4 is 0 Å². The summed E-state index contributed by atoms with van der Waals surface area (Å²) in [4.78, 5) is 0. The van der Waals surface area contributed by atoms with Crippen LogP contribution in [0.2, 0.25) is 0 Å². The summed E-state index contributed by atoms with van der Waals surface area (Å²) in [6, 6.07) is 0. The second-order valence-corrected chi connectivity index (χ2v) is 5.59. The second-order valence-electron chi connectivity index (χ2n) is 3.36. The van der Waals surface area contributed by atoms with Crippen LogP contribution in [0.1, 0.15) is 12.8 Å². The van der Waals surface area contributed by atoms with Gasteiger partial charge >= 0.3 is 0 Å². The van der Waals surface area contributed by atoms with E-state index in [-0.39, 0.29) is 17.9 Å². The number of rotatable bonds is 2. The molecule has 0 aromatic heterocycles. The molecule has 2 unspecified atom stereocenters. The van der Waals surface area contributed by atoms with E-state index in [9.17, 15) is 22.3 Å². The van der Waals surface area contributed by atoms with Crippen molar-refractivity contribution in [3.05, 3.63) is 0 Å². The van der Waals surface area contributed by atoms with Gasteiger partial charge in [0, 0.05) is 12.3 Å². The molecule has 78 valence electrons. The molecule has 1 saturated heterocycles. The van der Waals surface area contributed by atoms with Crippen molar-refractivity contribution in [3.8, 4) is 0 Å². The van der Waals surface area contributed by atoms with Crippen LogP contribution in [0.5, 0.6) is 0 Å². The van der Waals surface area contributed by atoms with Crippen LogP contribution in [0, 0.1) is 5.92 Å². The van der Waals surface area contributed by atoms with Gasteiger partial charge in [0.25, 0.3) is 0 Å². The molecule has 1 aliphatic rings. The van der Waals surface area contributed by atoms with Crippen LogP contribution in [-0.4, -0.2) is 37.6 Å². The van der Waals surface area contributed by atoms with Crippen molar-refractivity contribution >= 4 is 9.84 Å². The molecule has 0 spiro atoms. The predicted molar refractivity (Wildman–Crippen MR) is 43.4 cm³/mol. The maximum Gasteiger partial charge on any atom is 0.239 e. The molecule has 1 N–H and O–H groups in total. The van der Waals surface area contributed by atoms with Crippen LogP contribution in [0.4, 0.5) is 8.78 Å². The van der Waals surface area contributed by atoms with Crippen molar-refractivity contribution in [1.82, 2.24) is 0 Å². The van der Waals surface area contributed by atoms with Crippen LogP contribution in [0.3, 0.4) is 0 Å². The molecule has 2 atom stereocenters. The Morgan fingerprint density at radius 3 is 2.62 bits per heavy atom. The summed E-state index contributed by atoms with van der Waals surface area (Å²) in [5.74, 6) is -1.19. The van der Waals surface area contributed by atoms with Crippen LogP contribution in [-0.2, 0) is 9.84 Å². The van der Waals surface area contributed by atoms with E-state index in [1.54, 1.807) is 0 Å². The molecular weight excluding hydrogens is 202 g/mol. The first kappa shape index (κ1) is 10.8. The Labute approximate surface area is 75.7 Å². The molecule has 1 aliphatic heterocycles. The van der Waals surface area contributed by atoms with Gasteiger partial charge in [0.2, 0.25) is 6.43 Å². The van der Waals surface area contributed by atoms with Gasteiger partial charge in [-0.15, -0.1) is 0 Å². The fraction of sp³-hybridized carbons (Fsp3) is 1.00. The zero-order valence-electron chi connectivity index (χ0n) is 6.99. The summed E-state index contributed by atoms with van der Waals surface area (Å²) in [6.07, 6.45) is -3.88. The Balaban J connectivity index is 2.61. The summed E-state index contributed by atoms with van der Waals surface area (Å²) >= 11 is 0. The highest BCUT2D eigenvalue weighted by molar-refractivity contribution is 7.91. The van der Waals surface area contributed by atoms with Gasteiger partial charge in [-0.25, -0.2) is 17.2 Å². The number of aliphatic hydroxyl groups excluding tert-OH is 1.